The summed E-state index contributed by atoms with van der Waals surface area (Å²) in [5.41, 5.74) is 6.92. The fourth-order valence-electron chi connectivity index (χ4n) is 4.43. The molecule has 11 heteroatoms. The van der Waals surface area contributed by atoms with Gasteiger partial charge in [-0.3, -0.25) is 35.1 Å². The van der Waals surface area contributed by atoms with E-state index in [1.165, 1.54) is 4.90 Å². The summed E-state index contributed by atoms with van der Waals surface area (Å²) in [7, 11) is 0. The van der Waals surface area contributed by atoms with Crippen LogP contribution in [0.5, 0.6) is 0 Å². The van der Waals surface area contributed by atoms with Gasteiger partial charge < -0.3 is 5.32 Å². The molecule has 2 heterocycles. The highest BCUT2D eigenvalue weighted by molar-refractivity contribution is 7.80. The number of rotatable bonds is 6. The minimum absolute atomic E-state index is 0.00590. The monoisotopic (exact) mass is 577 g/mol. The van der Waals surface area contributed by atoms with Crippen molar-refractivity contribution in [3.05, 3.63) is 111 Å². The molecule has 0 radical (unpaired) electrons. The lowest BCUT2D eigenvalue weighted by atomic mass is 10.1. The number of hydrazine groups is 1. The number of thiocarbonyl (C=S) groups is 1. The summed E-state index contributed by atoms with van der Waals surface area (Å²) in [6.07, 6.45) is 1.87. The Hall–Kier alpha value is -4.05. The summed E-state index contributed by atoms with van der Waals surface area (Å²) < 4.78 is 0. The minimum atomic E-state index is -0.543. The molecular weight excluding hydrogens is 557 g/mol. The summed E-state index contributed by atoms with van der Waals surface area (Å²) in [4.78, 5) is 44.2. The molecule has 0 saturated heterocycles. The van der Waals surface area contributed by atoms with Gasteiger partial charge in [0, 0.05) is 28.2 Å². The third-order valence-electron chi connectivity index (χ3n) is 6.28. The summed E-state index contributed by atoms with van der Waals surface area (Å²) >= 11 is 17.9. The van der Waals surface area contributed by atoms with E-state index in [4.69, 9.17) is 35.4 Å². The number of pyridine rings is 1. The number of hydrogen-bond acceptors (Lipinski definition) is 5. The van der Waals surface area contributed by atoms with Crippen LogP contribution in [0.25, 0.3) is 10.8 Å². The number of nitrogens with one attached hydrogen (secondary N) is 3. The molecule has 1 atom stereocenters. The highest BCUT2D eigenvalue weighted by Crippen LogP contribution is 2.25. The quantitative estimate of drug-likeness (QED) is 0.175. The first kappa shape index (κ1) is 26.6. The molecule has 1 aliphatic heterocycles. The van der Waals surface area contributed by atoms with E-state index in [-0.39, 0.29) is 29.2 Å². The topological polar surface area (TPSA) is 103 Å². The largest absolute Gasteiger partial charge is 0.356 e. The lowest BCUT2D eigenvalue weighted by Crippen LogP contribution is -2.53. The number of aromatic nitrogens is 1. The van der Waals surface area contributed by atoms with Crippen LogP contribution in [-0.2, 0) is 6.42 Å². The van der Waals surface area contributed by atoms with Gasteiger partial charge in [-0.15, -0.1) is 0 Å². The molecule has 3 amide bonds. The van der Waals surface area contributed by atoms with Crippen LogP contribution in [0.2, 0.25) is 10.0 Å². The second-order valence-corrected chi connectivity index (χ2v) is 10.1. The molecule has 5 rings (SSSR count). The maximum atomic E-state index is 13.0. The Morgan fingerprint density at radius 1 is 0.923 bits per heavy atom. The van der Waals surface area contributed by atoms with Crippen molar-refractivity contribution >= 4 is 69.0 Å². The lowest BCUT2D eigenvalue weighted by molar-refractivity contribution is 0.0641. The maximum Gasteiger partial charge on any atom is 0.288 e. The number of amides is 3. The summed E-state index contributed by atoms with van der Waals surface area (Å²) in [5.74, 6) is -1.26. The normalized spacial score (nSPS) is 13.2. The third kappa shape index (κ3) is 5.70. The van der Waals surface area contributed by atoms with Crippen molar-refractivity contribution in [3.63, 3.8) is 0 Å². The predicted octanol–water partition coefficient (Wildman–Crippen LogP) is 4.56. The Labute approximate surface area is 239 Å². The fourth-order valence-corrected chi connectivity index (χ4v) is 5.14. The molecule has 0 aliphatic carbocycles. The van der Waals surface area contributed by atoms with Crippen molar-refractivity contribution in [2.24, 2.45) is 0 Å². The molecular formula is C28H21Cl2N5O3S. The van der Waals surface area contributed by atoms with Crippen LogP contribution >= 0.6 is 35.4 Å². The van der Waals surface area contributed by atoms with Gasteiger partial charge in [-0.05, 0) is 59.9 Å². The Morgan fingerprint density at radius 3 is 2.33 bits per heavy atom. The number of imide groups is 1. The molecule has 3 aromatic carbocycles. The first-order valence-electron chi connectivity index (χ1n) is 11.9. The maximum absolute atomic E-state index is 13.0. The number of fused-ring (bicyclic) bond motifs is 2. The first-order chi connectivity index (χ1) is 18.8. The zero-order valence-corrected chi connectivity index (χ0v) is 22.6. The Kier molecular flexibility index (Phi) is 7.74. The molecule has 0 spiro atoms. The Morgan fingerprint density at radius 2 is 1.62 bits per heavy atom. The number of carbonyl (C=O) groups excluding carboxylic acids is 3. The summed E-state index contributed by atoms with van der Waals surface area (Å²) in [5, 5.41) is 5.66. The Balaban J connectivity index is 1.31. The van der Waals surface area contributed by atoms with Crippen LogP contribution in [0.4, 0.5) is 0 Å². The highest BCUT2D eigenvalue weighted by atomic mass is 35.5. The predicted molar refractivity (Wildman–Crippen MR) is 154 cm³/mol. The van der Waals surface area contributed by atoms with Crippen LogP contribution in [-0.4, -0.2) is 45.3 Å². The van der Waals surface area contributed by atoms with Gasteiger partial charge >= 0.3 is 0 Å². The van der Waals surface area contributed by atoms with Gasteiger partial charge in [-0.25, -0.2) is 0 Å². The van der Waals surface area contributed by atoms with E-state index in [9.17, 15) is 14.4 Å². The van der Waals surface area contributed by atoms with Crippen LogP contribution in [0.1, 0.15) is 36.8 Å². The highest BCUT2D eigenvalue weighted by Gasteiger charge is 2.36. The van der Waals surface area contributed by atoms with E-state index in [1.54, 1.807) is 48.7 Å². The molecule has 0 saturated carbocycles. The zero-order chi connectivity index (χ0) is 27.5. The molecule has 0 bridgehead atoms. The van der Waals surface area contributed by atoms with Crippen LogP contribution < -0.4 is 16.2 Å². The van der Waals surface area contributed by atoms with Gasteiger partial charge in [-0.2, -0.15) is 0 Å². The van der Waals surface area contributed by atoms with Gasteiger partial charge in [0.15, 0.2) is 5.11 Å². The molecule has 0 fully saturated rings. The molecule has 4 aromatic rings. The number of carbonyl (C=O) groups is 3. The SMILES string of the molecule is O=C(NNC(=S)N[C@@H](Cc1ccc(Cl)cc1Cl)CN1C(=O)c2ccccc2C1=O)c1nccc2ccccc12. The second kappa shape index (κ2) is 11.4. The van der Waals surface area contributed by atoms with Crippen molar-refractivity contribution in [2.75, 3.05) is 6.54 Å². The number of nitrogens with zero attached hydrogens (tertiary/aromatic N) is 2. The average Bonchev–Trinajstić information content (AvgIpc) is 3.17. The molecule has 8 nitrogen and oxygen atoms in total. The van der Waals surface area contributed by atoms with Crippen molar-refractivity contribution in [1.29, 1.82) is 0 Å². The van der Waals surface area contributed by atoms with E-state index in [0.717, 1.165) is 10.9 Å². The van der Waals surface area contributed by atoms with Gasteiger partial charge in [0.2, 0.25) is 0 Å². The second-order valence-electron chi connectivity index (χ2n) is 8.84. The fraction of sp³-hybridized carbons (Fsp3) is 0.107. The summed E-state index contributed by atoms with van der Waals surface area (Å²) in [6, 6.07) is 20.4. The number of halogens is 2. The minimum Gasteiger partial charge on any atom is -0.356 e. The average molecular weight is 578 g/mol. The number of benzene rings is 3. The van der Waals surface area contributed by atoms with Crippen molar-refractivity contribution < 1.29 is 14.4 Å². The van der Waals surface area contributed by atoms with Crippen LogP contribution in [0, 0.1) is 0 Å². The van der Waals surface area contributed by atoms with Crippen molar-refractivity contribution in [2.45, 2.75) is 12.5 Å². The molecule has 196 valence electrons. The van der Waals surface area contributed by atoms with Gasteiger partial charge in [0.25, 0.3) is 17.7 Å². The van der Waals surface area contributed by atoms with Gasteiger partial charge in [-0.1, -0.05) is 65.7 Å². The Bertz CT molecular complexity index is 1590. The first-order valence-corrected chi connectivity index (χ1v) is 13.1. The van der Waals surface area contributed by atoms with Crippen LogP contribution in [0.3, 0.4) is 0 Å². The zero-order valence-electron chi connectivity index (χ0n) is 20.3. The van der Waals surface area contributed by atoms with E-state index in [1.807, 2.05) is 30.3 Å². The molecule has 0 unspecified atom stereocenters. The molecule has 39 heavy (non-hydrogen) atoms. The third-order valence-corrected chi connectivity index (χ3v) is 7.08. The standard InChI is InChI=1S/C28H21Cl2N5O3S/c29-18-10-9-17(23(30)14-18)13-19(15-35-26(37)21-7-3-4-8-22(21)27(35)38)32-28(39)34-33-25(36)24-20-6-2-1-5-16(20)11-12-31-24/h1-12,14,19H,13,15H2,(H,33,36)(H2,32,34,39)/t19-/m0/s1. The van der Waals surface area contributed by atoms with Gasteiger partial charge in [0.05, 0.1) is 17.2 Å². The van der Waals surface area contributed by atoms with Crippen molar-refractivity contribution in [3.8, 4) is 0 Å². The van der Waals surface area contributed by atoms with E-state index in [0.29, 0.717) is 33.0 Å². The lowest BCUT2D eigenvalue weighted by Gasteiger charge is -2.25. The van der Waals surface area contributed by atoms with E-state index < -0.39 is 11.9 Å². The van der Waals surface area contributed by atoms with E-state index >= 15 is 0 Å². The molecule has 1 aromatic heterocycles. The number of hydrogen-bond donors (Lipinski definition) is 3. The summed E-state index contributed by atoms with van der Waals surface area (Å²) in [6.45, 7) is 0.00590. The molecule has 1 aliphatic rings. The van der Waals surface area contributed by atoms with Crippen molar-refractivity contribution in [1.82, 2.24) is 26.1 Å². The van der Waals surface area contributed by atoms with Crippen LogP contribution in [0.15, 0.2) is 79.0 Å². The smallest absolute Gasteiger partial charge is 0.288 e. The van der Waals surface area contributed by atoms with E-state index in [2.05, 4.69) is 21.2 Å². The van der Waals surface area contributed by atoms with Gasteiger partial charge in [0.1, 0.15) is 5.69 Å². The molecule has 3 N–H and O–H groups in total.